The van der Waals surface area contributed by atoms with Crippen LogP contribution >= 0.6 is 0 Å². The second-order valence-electron chi connectivity index (χ2n) is 11.8. The highest BCUT2D eigenvalue weighted by Crippen LogP contribution is 2.68. The number of hydrogen-bond donors (Lipinski definition) is 3. The lowest BCUT2D eigenvalue weighted by atomic mass is 9.44. The fourth-order valence-corrected chi connectivity index (χ4v) is 9.20. The van der Waals surface area contributed by atoms with Crippen molar-refractivity contribution in [2.24, 2.45) is 46.2 Å². The van der Waals surface area contributed by atoms with E-state index in [9.17, 15) is 8.42 Å². The Morgan fingerprint density at radius 3 is 2.45 bits per heavy atom. The van der Waals surface area contributed by atoms with Crippen molar-refractivity contribution in [2.45, 2.75) is 77.7 Å². The number of nitrogens with two attached hydrogens (primary N) is 1. The SMILES string of the molecule is C=C(CNS(C)(=O)=O)[C@H]1CCC2C3CC[C@H]4C[C@H](NCCN)CC[C@]4(C)C3CC[C@@]21C. The Kier molecular flexibility index (Phi) is 6.68. The normalized spacial score (nSPS) is 44.9. The van der Waals surface area contributed by atoms with Crippen LogP contribution in [0.4, 0.5) is 0 Å². The van der Waals surface area contributed by atoms with Crippen LogP contribution in [-0.4, -0.2) is 40.3 Å². The molecule has 6 heteroatoms. The fourth-order valence-electron chi connectivity index (χ4n) is 8.75. The molecular weight excluding hydrogens is 406 g/mol. The van der Waals surface area contributed by atoms with Gasteiger partial charge in [0.15, 0.2) is 0 Å². The monoisotopic (exact) mass is 451 g/mol. The molecule has 0 bridgehead atoms. The van der Waals surface area contributed by atoms with Crippen molar-refractivity contribution >= 4 is 10.0 Å². The van der Waals surface area contributed by atoms with Crippen molar-refractivity contribution in [1.29, 1.82) is 0 Å². The summed E-state index contributed by atoms with van der Waals surface area (Å²) in [6.07, 6.45) is 13.1. The zero-order chi connectivity index (χ0) is 22.4. The summed E-state index contributed by atoms with van der Waals surface area (Å²) in [5.41, 5.74) is 7.61. The molecule has 0 aromatic heterocycles. The summed E-state index contributed by atoms with van der Waals surface area (Å²) in [7, 11) is -3.17. The molecule has 0 aromatic carbocycles. The molecule has 0 heterocycles. The maximum atomic E-state index is 11.6. The third-order valence-electron chi connectivity index (χ3n) is 10.3. The molecule has 8 atom stereocenters. The van der Waals surface area contributed by atoms with E-state index < -0.39 is 10.0 Å². The second-order valence-corrected chi connectivity index (χ2v) is 13.6. The van der Waals surface area contributed by atoms with Gasteiger partial charge >= 0.3 is 0 Å². The maximum Gasteiger partial charge on any atom is 0.208 e. The molecule has 0 aliphatic heterocycles. The fraction of sp³-hybridized carbons (Fsp3) is 0.920. The van der Waals surface area contributed by atoms with Gasteiger partial charge < -0.3 is 11.1 Å². The van der Waals surface area contributed by atoms with Crippen LogP contribution in [0.1, 0.15) is 71.6 Å². The molecule has 4 aliphatic rings. The lowest BCUT2D eigenvalue weighted by Crippen LogP contribution is -2.55. The van der Waals surface area contributed by atoms with Crippen LogP contribution in [0.25, 0.3) is 0 Å². The molecule has 4 N–H and O–H groups in total. The zero-order valence-electron chi connectivity index (χ0n) is 20.0. The topological polar surface area (TPSA) is 84.2 Å². The summed E-state index contributed by atoms with van der Waals surface area (Å²) in [6, 6.07) is 0.661. The summed E-state index contributed by atoms with van der Waals surface area (Å²) in [5, 5.41) is 3.69. The Bertz CT molecular complexity index is 784. The standard InChI is InChI=1S/C25H45N3O2S/c1-17(16-28-31(4,29)30)21-7-8-22-20-6-5-18-15-19(27-14-13-26)9-11-24(18,2)23(20)10-12-25(21,22)3/h18-23,27-28H,1,5-16,26H2,2-4H3/t18-,19+,20?,21+,22?,23?,24-,25+/m0/s1. The van der Waals surface area contributed by atoms with Crippen molar-refractivity contribution in [2.75, 3.05) is 25.9 Å². The Balaban J connectivity index is 1.46. The highest BCUT2D eigenvalue weighted by molar-refractivity contribution is 7.88. The predicted molar refractivity (Wildman–Crippen MR) is 128 cm³/mol. The predicted octanol–water partition coefficient (Wildman–Crippen LogP) is 3.67. The van der Waals surface area contributed by atoms with Crippen molar-refractivity contribution < 1.29 is 8.42 Å². The van der Waals surface area contributed by atoms with Gasteiger partial charge in [0.25, 0.3) is 0 Å². The first-order valence-electron chi connectivity index (χ1n) is 12.6. The van der Waals surface area contributed by atoms with E-state index >= 15 is 0 Å². The number of hydrogen-bond acceptors (Lipinski definition) is 4. The van der Waals surface area contributed by atoms with Gasteiger partial charge in [-0.25, -0.2) is 13.1 Å². The number of sulfonamides is 1. The van der Waals surface area contributed by atoms with E-state index in [1.807, 2.05) is 0 Å². The minimum atomic E-state index is -3.17. The Morgan fingerprint density at radius 1 is 1.03 bits per heavy atom. The number of rotatable bonds is 7. The van der Waals surface area contributed by atoms with E-state index in [-0.39, 0.29) is 0 Å². The summed E-state index contributed by atoms with van der Waals surface area (Å²) < 4.78 is 25.9. The smallest absolute Gasteiger partial charge is 0.208 e. The van der Waals surface area contributed by atoms with E-state index in [4.69, 9.17) is 5.73 Å². The first kappa shape index (κ1) is 23.7. The Labute approximate surface area is 190 Å². The lowest BCUT2D eigenvalue weighted by Gasteiger charge is -2.61. The summed E-state index contributed by atoms with van der Waals surface area (Å²) in [5.74, 6) is 3.79. The number of fused-ring (bicyclic) bond motifs is 5. The lowest BCUT2D eigenvalue weighted by molar-refractivity contribution is -0.112. The first-order valence-corrected chi connectivity index (χ1v) is 14.5. The third-order valence-corrected chi connectivity index (χ3v) is 11.0. The second kappa shape index (κ2) is 8.73. The molecule has 0 radical (unpaired) electrons. The van der Waals surface area contributed by atoms with E-state index in [1.165, 1.54) is 64.0 Å². The van der Waals surface area contributed by atoms with E-state index in [1.54, 1.807) is 0 Å². The van der Waals surface area contributed by atoms with Crippen molar-refractivity contribution in [1.82, 2.24) is 10.0 Å². The van der Waals surface area contributed by atoms with Crippen LogP contribution < -0.4 is 15.8 Å². The van der Waals surface area contributed by atoms with E-state index in [0.717, 1.165) is 42.3 Å². The van der Waals surface area contributed by atoms with Crippen LogP contribution in [0.2, 0.25) is 0 Å². The quantitative estimate of drug-likeness (QED) is 0.516. The van der Waals surface area contributed by atoms with Gasteiger partial charge in [-0.3, -0.25) is 0 Å². The first-order chi connectivity index (χ1) is 14.6. The molecule has 0 saturated heterocycles. The molecule has 5 nitrogen and oxygen atoms in total. The molecule has 31 heavy (non-hydrogen) atoms. The molecule has 4 saturated carbocycles. The molecule has 4 fully saturated rings. The molecule has 4 aliphatic carbocycles. The van der Waals surface area contributed by atoms with Gasteiger partial charge in [0, 0.05) is 25.7 Å². The van der Waals surface area contributed by atoms with Gasteiger partial charge in [0.1, 0.15) is 0 Å². The average Bonchev–Trinajstić information content (AvgIpc) is 3.07. The Hall–Kier alpha value is -0.430. The van der Waals surface area contributed by atoms with Crippen LogP contribution in [-0.2, 0) is 10.0 Å². The van der Waals surface area contributed by atoms with Crippen LogP contribution in [0, 0.1) is 40.4 Å². The maximum absolute atomic E-state index is 11.6. The minimum absolute atomic E-state index is 0.292. The molecule has 0 aromatic rings. The van der Waals surface area contributed by atoms with Crippen LogP contribution in [0.5, 0.6) is 0 Å². The van der Waals surface area contributed by atoms with Crippen molar-refractivity contribution in [3.63, 3.8) is 0 Å². The van der Waals surface area contributed by atoms with Gasteiger partial charge in [-0.1, -0.05) is 26.0 Å². The number of nitrogens with one attached hydrogen (secondary N) is 2. The average molecular weight is 452 g/mol. The van der Waals surface area contributed by atoms with Gasteiger partial charge in [-0.2, -0.15) is 0 Å². The van der Waals surface area contributed by atoms with Crippen LogP contribution in [0.3, 0.4) is 0 Å². The van der Waals surface area contributed by atoms with Gasteiger partial charge in [-0.15, -0.1) is 0 Å². The summed E-state index contributed by atoms with van der Waals surface area (Å²) >= 11 is 0. The van der Waals surface area contributed by atoms with Crippen molar-refractivity contribution in [3.05, 3.63) is 12.2 Å². The van der Waals surface area contributed by atoms with E-state index in [2.05, 4.69) is 30.5 Å². The molecule has 178 valence electrons. The molecule has 0 spiro atoms. The molecular formula is C25H45N3O2S. The largest absolute Gasteiger partial charge is 0.329 e. The molecule has 3 unspecified atom stereocenters. The Morgan fingerprint density at radius 2 is 1.74 bits per heavy atom. The van der Waals surface area contributed by atoms with Gasteiger partial charge in [0.2, 0.25) is 10.0 Å². The van der Waals surface area contributed by atoms with Crippen molar-refractivity contribution in [3.8, 4) is 0 Å². The highest BCUT2D eigenvalue weighted by atomic mass is 32.2. The molecule has 0 amide bonds. The highest BCUT2D eigenvalue weighted by Gasteiger charge is 2.60. The third kappa shape index (κ3) is 4.39. The minimum Gasteiger partial charge on any atom is -0.329 e. The van der Waals surface area contributed by atoms with E-state index in [0.29, 0.717) is 29.3 Å². The summed E-state index contributed by atoms with van der Waals surface area (Å²) in [4.78, 5) is 0. The van der Waals surface area contributed by atoms with Gasteiger partial charge in [-0.05, 0) is 98.2 Å². The van der Waals surface area contributed by atoms with Crippen LogP contribution in [0.15, 0.2) is 12.2 Å². The van der Waals surface area contributed by atoms with Gasteiger partial charge in [0.05, 0.1) is 6.26 Å². The zero-order valence-corrected chi connectivity index (χ0v) is 20.8. The summed E-state index contributed by atoms with van der Waals surface area (Å²) in [6.45, 7) is 11.5. The molecule has 4 rings (SSSR count).